The third-order valence-electron chi connectivity index (χ3n) is 2.93. The van der Waals surface area contributed by atoms with Gasteiger partial charge >= 0.3 is 0 Å². The Kier molecular flexibility index (Phi) is 4.22. The highest BCUT2D eigenvalue weighted by Crippen LogP contribution is 2.25. The third kappa shape index (κ3) is 3.19. The van der Waals surface area contributed by atoms with Crippen LogP contribution in [0.25, 0.3) is 0 Å². The van der Waals surface area contributed by atoms with Crippen LogP contribution in [0, 0.1) is 5.41 Å². The van der Waals surface area contributed by atoms with E-state index < -0.39 is 0 Å². The van der Waals surface area contributed by atoms with E-state index in [1.165, 1.54) is 14.2 Å². The first-order valence-corrected chi connectivity index (χ1v) is 6.20. The van der Waals surface area contributed by atoms with E-state index in [1.807, 2.05) is 19.2 Å². The van der Waals surface area contributed by atoms with Crippen molar-refractivity contribution in [2.24, 2.45) is 5.73 Å². The summed E-state index contributed by atoms with van der Waals surface area (Å²) in [5.41, 5.74) is 6.94. The molecule has 1 heterocycles. The summed E-state index contributed by atoms with van der Waals surface area (Å²) in [7, 11) is 4.87. The largest absolute Gasteiger partial charge is 0.481 e. The van der Waals surface area contributed by atoms with Crippen molar-refractivity contribution < 1.29 is 9.47 Å². The van der Waals surface area contributed by atoms with Gasteiger partial charge in [-0.15, -0.1) is 0 Å². The van der Waals surface area contributed by atoms with Gasteiger partial charge in [-0.2, -0.15) is 9.97 Å². The number of aromatic nitrogens is 2. The van der Waals surface area contributed by atoms with Crippen LogP contribution in [0.3, 0.4) is 0 Å². The molecule has 7 nitrogen and oxygen atoms in total. The molecular formula is C14H17N5O2. The molecule has 0 saturated carbocycles. The van der Waals surface area contributed by atoms with E-state index in [4.69, 9.17) is 20.6 Å². The summed E-state index contributed by atoms with van der Waals surface area (Å²) >= 11 is 0. The highest BCUT2D eigenvalue weighted by molar-refractivity contribution is 5.95. The molecule has 0 fully saturated rings. The van der Waals surface area contributed by atoms with E-state index in [0.29, 0.717) is 23.3 Å². The van der Waals surface area contributed by atoms with Crippen molar-refractivity contribution in [1.29, 1.82) is 5.41 Å². The minimum atomic E-state index is 0.00870. The Morgan fingerprint density at radius 1 is 1.14 bits per heavy atom. The molecule has 0 aliphatic carbocycles. The molecule has 1 aromatic carbocycles. The second-order valence-corrected chi connectivity index (χ2v) is 4.28. The Morgan fingerprint density at radius 3 is 2.29 bits per heavy atom. The monoisotopic (exact) mass is 287 g/mol. The van der Waals surface area contributed by atoms with Gasteiger partial charge in [-0.05, 0) is 12.1 Å². The number of benzene rings is 1. The highest BCUT2D eigenvalue weighted by atomic mass is 16.5. The van der Waals surface area contributed by atoms with E-state index in [9.17, 15) is 0 Å². The third-order valence-corrected chi connectivity index (χ3v) is 2.93. The van der Waals surface area contributed by atoms with Crippen LogP contribution in [0.5, 0.6) is 11.8 Å². The summed E-state index contributed by atoms with van der Waals surface area (Å²) in [6, 6.07) is 8.86. The molecule has 21 heavy (non-hydrogen) atoms. The zero-order valence-electron chi connectivity index (χ0n) is 12.1. The maximum atomic E-state index is 7.49. The summed E-state index contributed by atoms with van der Waals surface area (Å²) in [5.74, 6) is 1.25. The molecule has 0 radical (unpaired) electrons. The zero-order chi connectivity index (χ0) is 15.4. The summed E-state index contributed by atoms with van der Waals surface area (Å²) in [4.78, 5) is 10.3. The molecule has 0 aliphatic heterocycles. The fraction of sp³-hybridized carbons (Fsp3) is 0.214. The second kappa shape index (κ2) is 6.08. The van der Waals surface area contributed by atoms with Gasteiger partial charge in [0.1, 0.15) is 5.84 Å². The lowest BCUT2D eigenvalue weighted by Gasteiger charge is -2.18. The van der Waals surface area contributed by atoms with E-state index >= 15 is 0 Å². The number of hydrogen-bond acceptors (Lipinski definition) is 6. The lowest BCUT2D eigenvalue weighted by molar-refractivity contribution is 0.372. The first-order valence-electron chi connectivity index (χ1n) is 6.20. The molecule has 2 aromatic rings. The second-order valence-electron chi connectivity index (χ2n) is 4.28. The van der Waals surface area contributed by atoms with Gasteiger partial charge in [0.05, 0.1) is 20.3 Å². The minimum Gasteiger partial charge on any atom is -0.481 e. The van der Waals surface area contributed by atoms with Crippen LogP contribution in [0.2, 0.25) is 0 Å². The maximum absolute atomic E-state index is 7.49. The number of nitrogens with two attached hydrogens (primary N) is 1. The first-order chi connectivity index (χ1) is 10.0. The Labute approximate surface area is 122 Å². The molecule has 0 amide bonds. The fourth-order valence-corrected chi connectivity index (χ4v) is 1.75. The fourth-order valence-electron chi connectivity index (χ4n) is 1.75. The predicted octanol–water partition coefficient (Wildman–Crippen LogP) is 1.55. The average Bonchev–Trinajstić information content (AvgIpc) is 2.53. The molecule has 1 aromatic heterocycles. The topological polar surface area (TPSA) is 97.4 Å². The van der Waals surface area contributed by atoms with Crippen molar-refractivity contribution in [2.45, 2.75) is 0 Å². The number of hydrogen-bond donors (Lipinski definition) is 2. The van der Waals surface area contributed by atoms with Crippen LogP contribution in [-0.2, 0) is 0 Å². The number of anilines is 2. The van der Waals surface area contributed by atoms with Gasteiger partial charge < -0.3 is 20.1 Å². The number of nitrogen functional groups attached to an aromatic ring is 1. The van der Waals surface area contributed by atoms with Crippen molar-refractivity contribution in [2.75, 3.05) is 26.2 Å². The van der Waals surface area contributed by atoms with E-state index in [-0.39, 0.29) is 5.84 Å². The summed E-state index contributed by atoms with van der Waals surface area (Å²) in [5, 5.41) is 7.49. The van der Waals surface area contributed by atoms with Gasteiger partial charge in [0.15, 0.2) is 0 Å². The van der Waals surface area contributed by atoms with Gasteiger partial charge in [0.2, 0.25) is 17.7 Å². The maximum Gasteiger partial charge on any atom is 0.236 e. The standard InChI is InChI=1S/C14H17N5O2/c1-19(10-6-4-5-9(7-10)13(15)16)14-17-11(20-2)8-12(18-14)21-3/h4-8H,1-3H3,(H3,15,16). The lowest BCUT2D eigenvalue weighted by Crippen LogP contribution is -2.16. The van der Waals surface area contributed by atoms with Gasteiger partial charge in [-0.1, -0.05) is 12.1 Å². The Balaban J connectivity index is 2.41. The van der Waals surface area contributed by atoms with E-state index in [2.05, 4.69) is 9.97 Å². The summed E-state index contributed by atoms with van der Waals surface area (Å²) < 4.78 is 10.3. The molecule has 0 bridgehead atoms. The molecule has 0 atom stereocenters. The van der Waals surface area contributed by atoms with Crippen molar-refractivity contribution >= 4 is 17.5 Å². The van der Waals surface area contributed by atoms with Crippen molar-refractivity contribution in [3.05, 3.63) is 35.9 Å². The number of nitrogens with zero attached hydrogens (tertiary/aromatic N) is 3. The van der Waals surface area contributed by atoms with Gasteiger partial charge in [0, 0.05) is 18.3 Å². The van der Waals surface area contributed by atoms with Crippen LogP contribution < -0.4 is 20.1 Å². The van der Waals surface area contributed by atoms with Crippen LogP contribution in [0.15, 0.2) is 30.3 Å². The number of amidine groups is 1. The van der Waals surface area contributed by atoms with Crippen molar-refractivity contribution in [3.8, 4) is 11.8 Å². The molecule has 110 valence electrons. The molecule has 0 saturated heterocycles. The number of methoxy groups -OCH3 is 2. The van der Waals surface area contributed by atoms with E-state index in [1.54, 1.807) is 23.1 Å². The Hall–Kier alpha value is -2.83. The Bertz CT molecular complexity index is 637. The van der Waals surface area contributed by atoms with E-state index in [0.717, 1.165) is 5.69 Å². The quantitative estimate of drug-likeness (QED) is 0.639. The molecular weight excluding hydrogens is 270 g/mol. The predicted molar refractivity (Wildman–Crippen MR) is 80.7 cm³/mol. The van der Waals surface area contributed by atoms with Gasteiger partial charge in [-0.3, -0.25) is 5.41 Å². The lowest BCUT2D eigenvalue weighted by atomic mass is 10.2. The molecule has 7 heteroatoms. The highest BCUT2D eigenvalue weighted by Gasteiger charge is 2.12. The van der Waals surface area contributed by atoms with Crippen LogP contribution in [0.4, 0.5) is 11.6 Å². The molecule has 0 unspecified atom stereocenters. The zero-order valence-corrected chi connectivity index (χ0v) is 12.1. The molecule has 3 N–H and O–H groups in total. The molecule has 2 rings (SSSR count). The van der Waals surface area contributed by atoms with Gasteiger partial charge in [0.25, 0.3) is 0 Å². The van der Waals surface area contributed by atoms with Crippen molar-refractivity contribution in [3.63, 3.8) is 0 Å². The van der Waals surface area contributed by atoms with Gasteiger partial charge in [-0.25, -0.2) is 0 Å². The molecule has 0 spiro atoms. The van der Waals surface area contributed by atoms with Crippen LogP contribution in [0.1, 0.15) is 5.56 Å². The normalized spacial score (nSPS) is 10.0. The first kappa shape index (κ1) is 14.6. The average molecular weight is 287 g/mol. The summed E-state index contributed by atoms with van der Waals surface area (Å²) in [6.45, 7) is 0. The number of ether oxygens (including phenoxy) is 2. The minimum absolute atomic E-state index is 0.00870. The van der Waals surface area contributed by atoms with Crippen LogP contribution >= 0.6 is 0 Å². The Morgan fingerprint density at radius 2 is 1.76 bits per heavy atom. The molecule has 0 aliphatic rings. The summed E-state index contributed by atoms with van der Waals surface area (Å²) in [6.07, 6.45) is 0. The number of nitrogens with one attached hydrogen (secondary N) is 1. The number of rotatable bonds is 5. The SMILES string of the molecule is COc1cc(OC)nc(N(C)c2cccc(C(=N)N)c2)n1. The smallest absolute Gasteiger partial charge is 0.236 e. The van der Waals surface area contributed by atoms with Crippen LogP contribution in [-0.4, -0.2) is 37.1 Å². The van der Waals surface area contributed by atoms with Crippen molar-refractivity contribution in [1.82, 2.24) is 9.97 Å².